The molecule has 2 aromatic carbocycles. The lowest BCUT2D eigenvalue weighted by molar-refractivity contribution is -0.139. The average Bonchev–Trinajstić information content (AvgIpc) is 2.65. The molecule has 1 amide bonds. The van der Waals surface area contributed by atoms with Crippen LogP contribution in [0.1, 0.15) is 36.5 Å². The van der Waals surface area contributed by atoms with Crippen molar-refractivity contribution in [3.8, 4) is 0 Å². The first-order valence-electron chi connectivity index (χ1n) is 8.80. The summed E-state index contributed by atoms with van der Waals surface area (Å²) >= 11 is 0. The molecule has 0 aliphatic carbocycles. The van der Waals surface area contributed by atoms with E-state index < -0.39 is 35.0 Å². The van der Waals surface area contributed by atoms with Crippen molar-refractivity contribution < 1.29 is 23.5 Å². The monoisotopic (exact) mass is 388 g/mol. The lowest BCUT2D eigenvalue weighted by Gasteiger charge is -2.15. The SMILES string of the molecule is CCCCC(NC(=O)c1cc(F)cc2c(=O)c3cc(F)ccc3[nH]c12)C(=O)O. The third-order valence-electron chi connectivity index (χ3n) is 4.53. The second kappa shape index (κ2) is 7.75. The number of rotatable bonds is 6. The molecular formula is C20H18F2N2O4. The lowest BCUT2D eigenvalue weighted by Crippen LogP contribution is -2.41. The number of pyridine rings is 1. The number of aliphatic carboxylic acids is 1. The molecule has 0 aliphatic heterocycles. The number of fused-ring (bicyclic) bond motifs is 2. The molecule has 0 aliphatic rings. The summed E-state index contributed by atoms with van der Waals surface area (Å²) in [5, 5.41) is 11.6. The number of carboxylic acids is 1. The smallest absolute Gasteiger partial charge is 0.326 e. The Morgan fingerprint density at radius 2 is 1.86 bits per heavy atom. The summed E-state index contributed by atoms with van der Waals surface area (Å²) in [6.07, 6.45) is 1.57. The normalized spacial score (nSPS) is 12.2. The van der Waals surface area contributed by atoms with Gasteiger partial charge in [-0.05, 0) is 36.8 Å². The van der Waals surface area contributed by atoms with Crippen LogP contribution in [0.2, 0.25) is 0 Å². The Hall–Kier alpha value is -3.29. The Balaban J connectivity index is 2.13. The lowest BCUT2D eigenvalue weighted by atomic mass is 10.0. The van der Waals surface area contributed by atoms with Gasteiger partial charge in [-0.1, -0.05) is 19.8 Å². The second-order valence-electron chi connectivity index (χ2n) is 6.53. The van der Waals surface area contributed by atoms with E-state index in [9.17, 15) is 28.3 Å². The fourth-order valence-electron chi connectivity index (χ4n) is 3.09. The number of benzene rings is 2. The number of carbonyl (C=O) groups is 2. The Labute approximate surface area is 158 Å². The van der Waals surface area contributed by atoms with Crippen molar-refractivity contribution in [2.75, 3.05) is 0 Å². The quantitative estimate of drug-likeness (QED) is 0.564. The molecule has 8 heteroatoms. The summed E-state index contributed by atoms with van der Waals surface area (Å²) in [7, 11) is 0. The molecule has 3 N–H and O–H groups in total. The molecule has 3 rings (SSSR count). The highest BCUT2D eigenvalue weighted by atomic mass is 19.1. The molecule has 0 spiro atoms. The second-order valence-corrected chi connectivity index (χ2v) is 6.53. The van der Waals surface area contributed by atoms with Gasteiger partial charge in [-0.25, -0.2) is 13.6 Å². The number of carbonyl (C=O) groups excluding carboxylic acids is 1. The van der Waals surface area contributed by atoms with Crippen LogP contribution in [0.5, 0.6) is 0 Å². The van der Waals surface area contributed by atoms with Crippen molar-refractivity contribution in [2.45, 2.75) is 32.2 Å². The molecule has 6 nitrogen and oxygen atoms in total. The van der Waals surface area contributed by atoms with Gasteiger partial charge in [-0.15, -0.1) is 0 Å². The number of H-pyrrole nitrogens is 1. The highest BCUT2D eigenvalue weighted by Gasteiger charge is 2.23. The number of nitrogens with one attached hydrogen (secondary N) is 2. The first-order chi connectivity index (χ1) is 13.3. The topological polar surface area (TPSA) is 99.3 Å². The molecule has 3 aromatic rings. The zero-order valence-corrected chi connectivity index (χ0v) is 15.0. The zero-order valence-electron chi connectivity index (χ0n) is 15.0. The van der Waals surface area contributed by atoms with E-state index in [1.54, 1.807) is 0 Å². The Kier molecular flexibility index (Phi) is 5.39. The van der Waals surface area contributed by atoms with Crippen molar-refractivity contribution in [2.24, 2.45) is 0 Å². The van der Waals surface area contributed by atoms with Crippen LogP contribution < -0.4 is 10.7 Å². The van der Waals surface area contributed by atoms with Gasteiger partial charge >= 0.3 is 5.97 Å². The molecule has 28 heavy (non-hydrogen) atoms. The summed E-state index contributed by atoms with van der Waals surface area (Å²) in [5.74, 6) is -3.46. The summed E-state index contributed by atoms with van der Waals surface area (Å²) in [6, 6.07) is 4.29. The van der Waals surface area contributed by atoms with Crippen LogP contribution in [0.4, 0.5) is 8.78 Å². The Morgan fingerprint density at radius 3 is 2.54 bits per heavy atom. The van der Waals surface area contributed by atoms with E-state index in [0.29, 0.717) is 6.42 Å². The number of hydrogen-bond donors (Lipinski definition) is 3. The van der Waals surface area contributed by atoms with Gasteiger partial charge in [-0.3, -0.25) is 9.59 Å². The van der Waals surface area contributed by atoms with Gasteiger partial charge < -0.3 is 15.4 Å². The largest absolute Gasteiger partial charge is 0.480 e. The number of hydrogen-bond acceptors (Lipinski definition) is 3. The minimum absolute atomic E-state index is 0.0239. The number of unbranched alkanes of at least 4 members (excludes halogenated alkanes) is 1. The van der Waals surface area contributed by atoms with E-state index in [0.717, 1.165) is 30.7 Å². The molecule has 1 unspecified atom stereocenters. The summed E-state index contributed by atoms with van der Waals surface area (Å²) in [4.78, 5) is 39.6. The summed E-state index contributed by atoms with van der Waals surface area (Å²) in [5.41, 5.74) is -0.485. The van der Waals surface area contributed by atoms with Crippen molar-refractivity contribution in [3.05, 3.63) is 57.8 Å². The fourth-order valence-corrected chi connectivity index (χ4v) is 3.09. The van der Waals surface area contributed by atoms with Gasteiger partial charge in [0.2, 0.25) is 0 Å². The van der Waals surface area contributed by atoms with Gasteiger partial charge in [0, 0.05) is 16.3 Å². The number of amides is 1. The van der Waals surface area contributed by atoms with E-state index in [1.807, 2.05) is 6.92 Å². The molecule has 146 valence electrons. The summed E-state index contributed by atoms with van der Waals surface area (Å²) in [6.45, 7) is 1.89. The van der Waals surface area contributed by atoms with Crippen molar-refractivity contribution >= 4 is 33.7 Å². The maximum Gasteiger partial charge on any atom is 0.326 e. The van der Waals surface area contributed by atoms with Crippen LogP contribution in [0.3, 0.4) is 0 Å². The molecule has 1 aromatic heterocycles. The van der Waals surface area contributed by atoms with Crippen LogP contribution in [0.15, 0.2) is 35.1 Å². The third-order valence-corrected chi connectivity index (χ3v) is 4.53. The number of carboxylic acid groups (broad SMARTS) is 1. The van der Waals surface area contributed by atoms with Crippen LogP contribution in [0, 0.1) is 11.6 Å². The van der Waals surface area contributed by atoms with Gasteiger partial charge in [0.15, 0.2) is 5.43 Å². The van der Waals surface area contributed by atoms with Crippen molar-refractivity contribution in [3.63, 3.8) is 0 Å². The molecule has 0 saturated heterocycles. The van der Waals surface area contributed by atoms with Crippen molar-refractivity contribution in [1.29, 1.82) is 0 Å². The fraction of sp³-hybridized carbons (Fsp3) is 0.250. The zero-order chi connectivity index (χ0) is 20.4. The van der Waals surface area contributed by atoms with E-state index in [4.69, 9.17) is 0 Å². The molecule has 1 heterocycles. The van der Waals surface area contributed by atoms with Gasteiger partial charge in [0.05, 0.1) is 11.1 Å². The molecule has 0 saturated carbocycles. The number of aromatic nitrogens is 1. The van der Waals surface area contributed by atoms with Crippen LogP contribution in [0.25, 0.3) is 21.8 Å². The van der Waals surface area contributed by atoms with E-state index in [2.05, 4.69) is 10.3 Å². The highest BCUT2D eigenvalue weighted by molar-refractivity contribution is 6.08. The molecular weight excluding hydrogens is 370 g/mol. The minimum Gasteiger partial charge on any atom is -0.480 e. The van der Waals surface area contributed by atoms with Gasteiger partial charge in [0.25, 0.3) is 5.91 Å². The van der Waals surface area contributed by atoms with Crippen molar-refractivity contribution in [1.82, 2.24) is 10.3 Å². The van der Waals surface area contributed by atoms with Crippen LogP contribution >= 0.6 is 0 Å². The van der Waals surface area contributed by atoms with Crippen LogP contribution in [-0.2, 0) is 4.79 Å². The Bertz CT molecular complexity index is 1140. The number of aromatic amines is 1. The van der Waals surface area contributed by atoms with Gasteiger partial charge in [0.1, 0.15) is 17.7 Å². The molecule has 0 fully saturated rings. The minimum atomic E-state index is -1.20. The maximum atomic E-state index is 14.1. The first kappa shape index (κ1) is 19.5. The number of halogens is 2. The van der Waals surface area contributed by atoms with Gasteiger partial charge in [-0.2, -0.15) is 0 Å². The predicted molar refractivity (Wildman–Crippen MR) is 100 cm³/mol. The van der Waals surface area contributed by atoms with E-state index in [-0.39, 0.29) is 33.8 Å². The molecule has 1 atom stereocenters. The van der Waals surface area contributed by atoms with E-state index in [1.165, 1.54) is 6.07 Å². The predicted octanol–water partition coefficient (Wildman–Crippen LogP) is 3.33. The third kappa shape index (κ3) is 3.71. The molecule has 0 radical (unpaired) electrons. The first-order valence-corrected chi connectivity index (χ1v) is 8.80. The molecule has 0 bridgehead atoms. The summed E-state index contributed by atoms with van der Waals surface area (Å²) < 4.78 is 27.6. The Morgan fingerprint density at radius 1 is 1.14 bits per heavy atom. The average molecular weight is 388 g/mol. The van der Waals surface area contributed by atoms with E-state index >= 15 is 0 Å². The van der Waals surface area contributed by atoms with Crippen LogP contribution in [-0.4, -0.2) is 28.0 Å². The standard InChI is InChI=1S/C20H18F2N2O4/c1-2-3-4-16(20(27)28)24-19(26)14-9-11(22)8-13-17(14)23-15-6-5-10(21)7-12(15)18(13)25/h5-9,16H,2-4H2,1H3,(H,23,25)(H,24,26)(H,27,28). The highest BCUT2D eigenvalue weighted by Crippen LogP contribution is 2.21. The maximum absolute atomic E-state index is 14.1.